The maximum absolute atomic E-state index is 16.4. The van der Waals surface area contributed by atoms with E-state index in [-0.39, 0.29) is 44.1 Å². The predicted molar refractivity (Wildman–Crippen MR) is 242 cm³/mol. The van der Waals surface area contributed by atoms with Crippen molar-refractivity contribution in [3.63, 3.8) is 0 Å². The van der Waals surface area contributed by atoms with Gasteiger partial charge in [-0.05, 0) is 141 Å². The first kappa shape index (κ1) is 48.9. The van der Waals surface area contributed by atoms with E-state index in [0.29, 0.717) is 61.3 Å². The third-order valence-electron chi connectivity index (χ3n) is 12.1. The summed E-state index contributed by atoms with van der Waals surface area (Å²) in [6.45, 7) is 14.7. The van der Waals surface area contributed by atoms with Crippen LogP contribution in [0, 0.1) is 51.1 Å². The molecule has 8 nitrogen and oxygen atoms in total. The lowest BCUT2D eigenvalue weighted by Gasteiger charge is -2.29. The molecule has 4 rings (SSSR count). The second-order valence-corrected chi connectivity index (χ2v) is 17.1. The molecule has 0 atom stereocenters. The van der Waals surface area contributed by atoms with Crippen molar-refractivity contribution in [1.82, 2.24) is 0 Å². The van der Waals surface area contributed by atoms with Crippen molar-refractivity contribution < 1.29 is 28.2 Å². The first-order valence-electron chi connectivity index (χ1n) is 22.4. The molecule has 0 N–H and O–H groups in total. The Balaban J connectivity index is 1.72. The lowest BCUT2D eigenvalue weighted by atomic mass is 9.76. The highest BCUT2D eigenvalue weighted by Crippen LogP contribution is 2.41. The van der Waals surface area contributed by atoms with Crippen LogP contribution in [0.5, 0.6) is 5.75 Å². The number of nitriles is 3. The molecule has 0 radical (unpaired) electrons. The van der Waals surface area contributed by atoms with E-state index in [2.05, 4.69) is 63.4 Å². The van der Waals surface area contributed by atoms with Gasteiger partial charge >= 0.3 is 11.9 Å². The molecule has 1 aliphatic rings. The lowest BCUT2D eigenvalue weighted by molar-refractivity contribution is -0.143. The Hall–Kier alpha value is -5.72. The van der Waals surface area contributed by atoms with E-state index in [9.17, 15) is 25.4 Å². The summed E-state index contributed by atoms with van der Waals surface area (Å²) in [5.41, 5.74) is 6.57. The summed E-state index contributed by atoms with van der Waals surface area (Å²) in [5, 5.41) is 28.8. The van der Waals surface area contributed by atoms with Gasteiger partial charge in [0.25, 0.3) is 0 Å². The number of ether oxygens (including phenoxy) is 3. The fourth-order valence-corrected chi connectivity index (χ4v) is 8.39. The Morgan fingerprint density at radius 1 is 0.742 bits per heavy atom. The minimum atomic E-state index is -1.08. The molecule has 1 aliphatic carbocycles. The molecule has 0 amide bonds. The summed E-state index contributed by atoms with van der Waals surface area (Å²) in [5.74, 6) is 0.399. The van der Waals surface area contributed by atoms with Crippen LogP contribution in [0.3, 0.4) is 0 Å². The zero-order valence-electron chi connectivity index (χ0n) is 37.4. The number of hydrogen-bond donors (Lipinski definition) is 0. The molecule has 62 heavy (non-hydrogen) atoms. The average molecular weight is 842 g/mol. The molecule has 1 fully saturated rings. The molecule has 0 spiro atoms. The maximum Gasteiger partial charge on any atom is 0.333 e. The monoisotopic (exact) mass is 841 g/mol. The lowest BCUT2D eigenvalue weighted by Crippen LogP contribution is -2.34. The number of hydrogen-bond acceptors (Lipinski definition) is 8. The van der Waals surface area contributed by atoms with Gasteiger partial charge in [0.2, 0.25) is 0 Å². The number of carbonyl (C=O) groups is 2. The third-order valence-corrected chi connectivity index (χ3v) is 12.1. The van der Waals surface area contributed by atoms with E-state index in [1.807, 2.05) is 24.3 Å². The normalized spacial score (nSPS) is 14.8. The molecule has 0 aliphatic heterocycles. The molecule has 0 heterocycles. The molecular formula is C53H64FN3O5. The van der Waals surface area contributed by atoms with E-state index in [0.717, 1.165) is 57.7 Å². The molecule has 3 aromatic rings. The predicted octanol–water partition coefficient (Wildman–Crippen LogP) is 12.8. The maximum atomic E-state index is 16.4. The number of carbonyl (C=O) groups excluding carboxylic acids is 2. The van der Waals surface area contributed by atoms with Gasteiger partial charge in [-0.1, -0.05) is 83.0 Å². The van der Waals surface area contributed by atoms with Gasteiger partial charge in [0.05, 0.1) is 36.8 Å². The first-order chi connectivity index (χ1) is 29.9. The summed E-state index contributed by atoms with van der Waals surface area (Å²) in [6, 6.07) is 22.3. The topological polar surface area (TPSA) is 133 Å². The molecule has 0 bridgehead atoms. The largest absolute Gasteiger partial charge is 0.493 e. The van der Waals surface area contributed by atoms with Crippen LogP contribution in [0.2, 0.25) is 0 Å². The smallest absolute Gasteiger partial charge is 0.333 e. The van der Waals surface area contributed by atoms with Crippen LogP contribution in [0.1, 0.15) is 139 Å². The number of unbranched alkanes of at least 4 members (excludes halogenated alkanes) is 3. The number of benzene rings is 3. The second-order valence-electron chi connectivity index (χ2n) is 17.1. The van der Waals surface area contributed by atoms with Crippen LogP contribution in [-0.2, 0) is 38.3 Å². The molecule has 9 heteroatoms. The van der Waals surface area contributed by atoms with E-state index in [4.69, 9.17) is 14.2 Å². The number of aryl methyl sites for hydroxylation is 3. The molecule has 1 saturated carbocycles. The van der Waals surface area contributed by atoms with Crippen molar-refractivity contribution >= 4 is 11.9 Å². The van der Waals surface area contributed by atoms with Gasteiger partial charge in [-0.3, -0.25) is 0 Å². The van der Waals surface area contributed by atoms with Crippen molar-refractivity contribution in [1.29, 1.82) is 15.8 Å². The fourth-order valence-electron chi connectivity index (χ4n) is 8.39. The van der Waals surface area contributed by atoms with E-state index >= 15 is 4.39 Å². The highest BCUT2D eigenvalue weighted by atomic mass is 19.1. The van der Waals surface area contributed by atoms with Crippen LogP contribution in [-0.4, -0.2) is 31.8 Å². The number of esters is 2. The number of halogens is 1. The molecule has 0 unspecified atom stereocenters. The standard InChI is InChI=1S/C53H64FN3O5/c1-7-9-10-14-39-17-19-41(20-18-39)42-21-23-46(49(54)34-42)48-33-43(16-13-30-60-51(58)37(3)4)47(32-40(48)8-2)44-22-24-50(45(31-44)15-11-12-27-55)61-35-53(25-28-56,26-29-57)36-62-52(59)38(5)6/h21-24,31-34,39,41H,3,5,7-20,25-26,30,35-36H2,1-2,4,6H3. The van der Waals surface area contributed by atoms with Crippen LogP contribution in [0.15, 0.2) is 72.8 Å². The Morgan fingerprint density at radius 2 is 1.42 bits per heavy atom. The summed E-state index contributed by atoms with van der Waals surface area (Å²) >= 11 is 0. The zero-order chi connectivity index (χ0) is 45.1. The van der Waals surface area contributed by atoms with Gasteiger partial charge in [0, 0.05) is 36.0 Å². The van der Waals surface area contributed by atoms with Gasteiger partial charge in [-0.2, -0.15) is 15.8 Å². The highest BCUT2D eigenvalue weighted by molar-refractivity contribution is 5.87. The fraction of sp³-hybridized carbons (Fsp3) is 0.491. The molecule has 0 aromatic heterocycles. The summed E-state index contributed by atoms with van der Waals surface area (Å²) in [6.07, 6.45) is 12.7. The quantitative estimate of drug-likeness (QED) is 0.0494. The number of rotatable bonds is 24. The Labute approximate surface area is 369 Å². The van der Waals surface area contributed by atoms with Crippen molar-refractivity contribution in [2.45, 2.75) is 136 Å². The second kappa shape index (κ2) is 24.7. The minimum Gasteiger partial charge on any atom is -0.493 e. The van der Waals surface area contributed by atoms with E-state index < -0.39 is 17.4 Å². The zero-order valence-corrected chi connectivity index (χ0v) is 37.4. The average Bonchev–Trinajstić information content (AvgIpc) is 3.26. The van der Waals surface area contributed by atoms with Crippen LogP contribution in [0.25, 0.3) is 22.3 Å². The third kappa shape index (κ3) is 13.9. The van der Waals surface area contributed by atoms with Crippen LogP contribution < -0.4 is 4.74 Å². The van der Waals surface area contributed by atoms with Gasteiger partial charge in [-0.15, -0.1) is 0 Å². The molecular weight excluding hydrogens is 778 g/mol. The van der Waals surface area contributed by atoms with Crippen LogP contribution >= 0.6 is 0 Å². The Morgan fingerprint density at radius 3 is 2.05 bits per heavy atom. The Bertz CT molecular complexity index is 2150. The first-order valence-corrected chi connectivity index (χ1v) is 22.4. The Kier molecular flexibility index (Phi) is 19.5. The summed E-state index contributed by atoms with van der Waals surface area (Å²) in [4.78, 5) is 24.5. The van der Waals surface area contributed by atoms with Gasteiger partial charge in [-0.25, -0.2) is 14.0 Å². The van der Waals surface area contributed by atoms with Gasteiger partial charge in [0.1, 0.15) is 18.2 Å². The van der Waals surface area contributed by atoms with Crippen molar-refractivity contribution in [2.75, 3.05) is 19.8 Å². The van der Waals surface area contributed by atoms with Crippen molar-refractivity contribution in [3.05, 3.63) is 101 Å². The van der Waals surface area contributed by atoms with Crippen molar-refractivity contribution in [3.8, 4) is 46.2 Å². The van der Waals surface area contributed by atoms with Gasteiger partial charge in [0.15, 0.2) is 0 Å². The van der Waals surface area contributed by atoms with E-state index in [1.54, 1.807) is 13.0 Å². The van der Waals surface area contributed by atoms with Crippen molar-refractivity contribution in [2.24, 2.45) is 11.3 Å². The molecule has 0 saturated heterocycles. The molecule has 3 aromatic carbocycles. The molecule has 328 valence electrons. The number of nitrogens with zero attached hydrogens (tertiary/aromatic N) is 3. The highest BCUT2D eigenvalue weighted by Gasteiger charge is 2.34. The van der Waals surface area contributed by atoms with Gasteiger partial charge < -0.3 is 14.2 Å². The summed E-state index contributed by atoms with van der Waals surface area (Å²) < 4.78 is 33.7. The SMILES string of the molecule is C=C(C)C(=O)OCCCc1cc(-c2ccc(C3CCC(CCCCC)CC3)cc2F)c(CC)cc1-c1ccc(OCC(CC#N)(CC#N)COC(=O)C(=C)C)c(CCCC#N)c1. The minimum absolute atomic E-state index is 0.0598. The summed E-state index contributed by atoms with van der Waals surface area (Å²) in [7, 11) is 0. The van der Waals surface area contributed by atoms with Crippen LogP contribution in [0.4, 0.5) is 4.39 Å². The van der Waals surface area contributed by atoms with E-state index in [1.165, 1.54) is 45.4 Å².